The topological polar surface area (TPSA) is 37.3 Å². The van der Waals surface area contributed by atoms with Crippen molar-refractivity contribution in [2.75, 3.05) is 0 Å². The standard InChI is InChI=1S/C9H10O2/c10-9(11)8-5-6-1-3-7(8)4-2-6/h1,3,5-7H,2,4H2,(H,10,11)/t6-,7-/m0/s1. The highest BCUT2D eigenvalue weighted by Gasteiger charge is 2.27. The number of hydrogen-bond acceptors (Lipinski definition) is 1. The van der Waals surface area contributed by atoms with Crippen molar-refractivity contribution in [1.29, 1.82) is 0 Å². The summed E-state index contributed by atoms with van der Waals surface area (Å²) in [6, 6.07) is 0. The third kappa shape index (κ3) is 0.985. The monoisotopic (exact) mass is 150 g/mol. The van der Waals surface area contributed by atoms with Gasteiger partial charge in [-0.3, -0.25) is 0 Å². The lowest BCUT2D eigenvalue weighted by Gasteiger charge is -2.27. The third-order valence-corrected chi connectivity index (χ3v) is 2.44. The third-order valence-electron chi connectivity index (χ3n) is 2.44. The number of carbonyl (C=O) groups is 1. The van der Waals surface area contributed by atoms with Crippen LogP contribution < -0.4 is 0 Å². The number of carboxylic acids is 1. The first-order valence-electron chi connectivity index (χ1n) is 3.90. The Morgan fingerprint density at radius 3 is 2.55 bits per heavy atom. The minimum Gasteiger partial charge on any atom is -0.478 e. The van der Waals surface area contributed by atoms with Gasteiger partial charge in [0.25, 0.3) is 0 Å². The highest BCUT2D eigenvalue weighted by Crippen LogP contribution is 2.35. The van der Waals surface area contributed by atoms with Crippen molar-refractivity contribution in [2.45, 2.75) is 12.8 Å². The molecule has 3 aliphatic rings. The molecule has 0 saturated carbocycles. The Morgan fingerprint density at radius 2 is 2.27 bits per heavy atom. The van der Waals surface area contributed by atoms with E-state index in [1.54, 1.807) is 0 Å². The smallest absolute Gasteiger partial charge is 0.331 e. The molecular formula is C9H10O2. The fraction of sp³-hybridized carbons (Fsp3) is 0.444. The SMILES string of the molecule is O=C(O)C1=C[C@H]2C=C[C@H]1CC2. The maximum Gasteiger partial charge on any atom is 0.331 e. The van der Waals surface area contributed by atoms with E-state index >= 15 is 0 Å². The number of aliphatic carboxylic acids is 1. The minimum atomic E-state index is -0.746. The van der Waals surface area contributed by atoms with Gasteiger partial charge < -0.3 is 5.11 Å². The summed E-state index contributed by atoms with van der Waals surface area (Å²) in [5.41, 5.74) is 0.601. The van der Waals surface area contributed by atoms with E-state index in [-0.39, 0.29) is 5.92 Å². The zero-order valence-electron chi connectivity index (χ0n) is 6.16. The molecule has 2 heteroatoms. The van der Waals surface area contributed by atoms with Crippen LogP contribution in [-0.4, -0.2) is 11.1 Å². The molecule has 0 fully saturated rings. The summed E-state index contributed by atoms with van der Waals surface area (Å²) >= 11 is 0. The average Bonchev–Trinajstić information content (AvgIpc) is 2.06. The van der Waals surface area contributed by atoms with Crippen LogP contribution in [0.5, 0.6) is 0 Å². The Kier molecular flexibility index (Phi) is 1.34. The van der Waals surface area contributed by atoms with Crippen molar-refractivity contribution in [3.05, 3.63) is 23.8 Å². The second-order valence-corrected chi connectivity index (χ2v) is 3.16. The van der Waals surface area contributed by atoms with E-state index in [1.807, 2.05) is 12.2 Å². The van der Waals surface area contributed by atoms with Gasteiger partial charge in [-0.05, 0) is 18.8 Å². The lowest BCUT2D eigenvalue weighted by Crippen LogP contribution is -2.21. The van der Waals surface area contributed by atoms with E-state index < -0.39 is 5.97 Å². The zero-order valence-corrected chi connectivity index (χ0v) is 6.16. The Balaban J connectivity index is 2.31. The van der Waals surface area contributed by atoms with Crippen molar-refractivity contribution in [3.8, 4) is 0 Å². The first kappa shape index (κ1) is 6.65. The van der Waals surface area contributed by atoms with Gasteiger partial charge in [0, 0.05) is 11.5 Å². The van der Waals surface area contributed by atoms with E-state index in [0.29, 0.717) is 11.5 Å². The van der Waals surface area contributed by atoms with Crippen LogP contribution in [0.2, 0.25) is 0 Å². The summed E-state index contributed by atoms with van der Waals surface area (Å²) < 4.78 is 0. The molecular weight excluding hydrogens is 140 g/mol. The number of allylic oxidation sites excluding steroid dienone is 3. The van der Waals surface area contributed by atoms with Gasteiger partial charge in [0.05, 0.1) is 0 Å². The zero-order chi connectivity index (χ0) is 7.84. The minimum absolute atomic E-state index is 0.192. The van der Waals surface area contributed by atoms with Crippen LogP contribution >= 0.6 is 0 Å². The first-order valence-corrected chi connectivity index (χ1v) is 3.90. The number of carboxylic acid groups (broad SMARTS) is 1. The molecule has 2 atom stereocenters. The molecule has 0 aromatic carbocycles. The molecule has 0 saturated heterocycles. The summed E-state index contributed by atoms with van der Waals surface area (Å²) in [5.74, 6) is -0.160. The van der Waals surface area contributed by atoms with Gasteiger partial charge >= 0.3 is 5.97 Å². The maximum atomic E-state index is 10.6. The molecule has 0 heterocycles. The molecule has 11 heavy (non-hydrogen) atoms. The number of hydrogen-bond donors (Lipinski definition) is 1. The average molecular weight is 150 g/mol. The Bertz CT molecular complexity index is 250. The van der Waals surface area contributed by atoms with Gasteiger partial charge in [-0.15, -0.1) is 0 Å². The van der Waals surface area contributed by atoms with E-state index in [4.69, 9.17) is 5.11 Å². The van der Waals surface area contributed by atoms with Gasteiger partial charge in [-0.1, -0.05) is 18.2 Å². The number of fused-ring (bicyclic) bond motifs is 1. The molecule has 0 amide bonds. The van der Waals surface area contributed by atoms with Crippen molar-refractivity contribution < 1.29 is 9.90 Å². The van der Waals surface area contributed by atoms with Crippen LogP contribution in [0.3, 0.4) is 0 Å². The van der Waals surface area contributed by atoms with Crippen LogP contribution in [0.1, 0.15) is 12.8 Å². The van der Waals surface area contributed by atoms with Crippen LogP contribution in [0.4, 0.5) is 0 Å². The molecule has 0 spiro atoms. The summed E-state index contributed by atoms with van der Waals surface area (Å²) in [4.78, 5) is 10.6. The predicted octanol–water partition coefficient (Wildman–Crippen LogP) is 1.59. The highest BCUT2D eigenvalue weighted by molar-refractivity contribution is 5.88. The quantitative estimate of drug-likeness (QED) is 0.576. The van der Waals surface area contributed by atoms with Gasteiger partial charge in [0.15, 0.2) is 0 Å². The second-order valence-electron chi connectivity index (χ2n) is 3.16. The largest absolute Gasteiger partial charge is 0.478 e. The van der Waals surface area contributed by atoms with Crippen molar-refractivity contribution in [1.82, 2.24) is 0 Å². The molecule has 0 unspecified atom stereocenters. The Labute approximate surface area is 65.2 Å². The summed E-state index contributed by atoms with van der Waals surface area (Å²) in [6.45, 7) is 0. The first-order chi connectivity index (χ1) is 5.27. The van der Waals surface area contributed by atoms with E-state index in [9.17, 15) is 4.79 Å². The molecule has 0 aliphatic heterocycles. The molecule has 2 nitrogen and oxygen atoms in total. The van der Waals surface area contributed by atoms with Crippen LogP contribution in [0.15, 0.2) is 23.8 Å². The van der Waals surface area contributed by atoms with E-state index in [0.717, 1.165) is 12.8 Å². The van der Waals surface area contributed by atoms with Gasteiger partial charge in [-0.2, -0.15) is 0 Å². The summed E-state index contributed by atoms with van der Waals surface area (Å²) in [7, 11) is 0. The predicted molar refractivity (Wildman–Crippen MR) is 41.1 cm³/mol. The Morgan fingerprint density at radius 1 is 1.45 bits per heavy atom. The van der Waals surface area contributed by atoms with Crippen LogP contribution in [0.25, 0.3) is 0 Å². The summed E-state index contributed by atoms with van der Waals surface area (Å²) in [5, 5.41) is 8.76. The normalized spacial score (nSPS) is 33.6. The highest BCUT2D eigenvalue weighted by atomic mass is 16.4. The van der Waals surface area contributed by atoms with Crippen LogP contribution in [0, 0.1) is 11.8 Å². The fourth-order valence-corrected chi connectivity index (χ4v) is 1.82. The van der Waals surface area contributed by atoms with Crippen LogP contribution in [-0.2, 0) is 4.79 Å². The lowest BCUT2D eigenvalue weighted by atomic mass is 9.77. The molecule has 58 valence electrons. The molecule has 2 bridgehead atoms. The van der Waals surface area contributed by atoms with E-state index in [1.165, 1.54) is 0 Å². The molecule has 0 aromatic heterocycles. The molecule has 0 radical (unpaired) electrons. The van der Waals surface area contributed by atoms with Gasteiger partial charge in [0.2, 0.25) is 0 Å². The number of rotatable bonds is 1. The van der Waals surface area contributed by atoms with E-state index in [2.05, 4.69) is 6.08 Å². The van der Waals surface area contributed by atoms with Gasteiger partial charge in [0.1, 0.15) is 0 Å². The fourth-order valence-electron chi connectivity index (χ4n) is 1.82. The molecule has 3 aliphatic carbocycles. The Hall–Kier alpha value is -1.05. The molecule has 1 N–H and O–H groups in total. The maximum absolute atomic E-state index is 10.6. The molecule has 3 rings (SSSR count). The van der Waals surface area contributed by atoms with Crippen molar-refractivity contribution in [2.24, 2.45) is 11.8 Å². The second kappa shape index (κ2) is 2.22. The van der Waals surface area contributed by atoms with Crippen molar-refractivity contribution >= 4 is 5.97 Å². The van der Waals surface area contributed by atoms with Gasteiger partial charge in [-0.25, -0.2) is 4.79 Å². The van der Waals surface area contributed by atoms with Crippen molar-refractivity contribution in [3.63, 3.8) is 0 Å². The summed E-state index contributed by atoms with van der Waals surface area (Å²) in [6.07, 6.45) is 8.16. The molecule has 0 aromatic rings. The lowest BCUT2D eigenvalue weighted by molar-refractivity contribution is -0.133.